The zero-order chi connectivity index (χ0) is 11.7. The lowest BCUT2D eigenvalue weighted by atomic mass is 10.1. The minimum atomic E-state index is -1.22. The van der Waals surface area contributed by atoms with Gasteiger partial charge in [-0.1, -0.05) is 12.1 Å². The number of carboxylic acids is 1. The van der Waals surface area contributed by atoms with Crippen molar-refractivity contribution in [2.24, 2.45) is 5.92 Å². The van der Waals surface area contributed by atoms with Gasteiger partial charge in [0.25, 0.3) is 0 Å². The van der Waals surface area contributed by atoms with Gasteiger partial charge in [-0.15, -0.1) is 5.75 Å². The lowest BCUT2D eigenvalue weighted by Gasteiger charge is -2.11. The van der Waals surface area contributed by atoms with Crippen molar-refractivity contribution in [2.75, 3.05) is 5.32 Å². The average Bonchev–Trinajstić information content (AvgIpc) is 3.03. The zero-order valence-corrected chi connectivity index (χ0v) is 8.40. The van der Waals surface area contributed by atoms with Crippen LogP contribution in [0.15, 0.2) is 18.2 Å². The number of hydrogen-bond acceptors (Lipinski definition) is 3. The van der Waals surface area contributed by atoms with Crippen LogP contribution < -0.4 is 10.4 Å². The summed E-state index contributed by atoms with van der Waals surface area (Å²) in [4.78, 5) is 22.3. The number of nitrogens with one attached hydrogen (secondary N) is 1. The first-order valence-electron chi connectivity index (χ1n) is 4.93. The number of hydrogen-bond donors (Lipinski definition) is 2. The van der Waals surface area contributed by atoms with Gasteiger partial charge in [0, 0.05) is 5.92 Å². The highest BCUT2D eigenvalue weighted by molar-refractivity contribution is 6.02. The number of anilines is 1. The third kappa shape index (κ3) is 2.13. The largest absolute Gasteiger partial charge is 0.872 e. The van der Waals surface area contributed by atoms with Crippen molar-refractivity contribution in [1.82, 2.24) is 0 Å². The molecule has 0 aliphatic heterocycles. The quantitative estimate of drug-likeness (QED) is 0.788. The van der Waals surface area contributed by atoms with Crippen LogP contribution in [0.4, 0.5) is 5.69 Å². The van der Waals surface area contributed by atoms with E-state index in [1.165, 1.54) is 12.1 Å². The Morgan fingerprint density at radius 1 is 1.38 bits per heavy atom. The van der Waals surface area contributed by atoms with Gasteiger partial charge in [-0.2, -0.15) is 0 Å². The molecular weight excluding hydrogens is 210 g/mol. The number of amides is 1. The van der Waals surface area contributed by atoms with E-state index in [1.54, 1.807) is 0 Å². The maximum absolute atomic E-state index is 11.5. The third-order valence-electron chi connectivity index (χ3n) is 2.43. The molecule has 16 heavy (non-hydrogen) atoms. The summed E-state index contributed by atoms with van der Waals surface area (Å²) in [6, 6.07) is 3.56. The molecule has 1 fully saturated rings. The van der Waals surface area contributed by atoms with Gasteiger partial charge in [-0.05, 0) is 18.9 Å². The monoisotopic (exact) mass is 220 g/mol. The first-order chi connectivity index (χ1) is 7.58. The van der Waals surface area contributed by atoms with Gasteiger partial charge in [-0.3, -0.25) is 4.79 Å². The second-order valence-electron chi connectivity index (χ2n) is 3.78. The smallest absolute Gasteiger partial charge is 0.337 e. The molecule has 2 N–H and O–H groups in total. The van der Waals surface area contributed by atoms with Crippen molar-refractivity contribution in [3.8, 4) is 5.75 Å². The molecule has 0 saturated heterocycles. The third-order valence-corrected chi connectivity index (χ3v) is 2.43. The summed E-state index contributed by atoms with van der Waals surface area (Å²) in [6.07, 6.45) is 1.68. The van der Waals surface area contributed by atoms with E-state index in [0.717, 1.165) is 18.9 Å². The summed E-state index contributed by atoms with van der Waals surface area (Å²) >= 11 is 0. The zero-order valence-electron chi connectivity index (χ0n) is 8.40. The summed E-state index contributed by atoms with van der Waals surface area (Å²) in [5, 5.41) is 22.4. The molecule has 0 atom stereocenters. The van der Waals surface area contributed by atoms with E-state index >= 15 is 0 Å². The highest BCUT2D eigenvalue weighted by Crippen LogP contribution is 2.31. The lowest BCUT2D eigenvalue weighted by molar-refractivity contribution is -0.268. The van der Waals surface area contributed by atoms with Crippen LogP contribution in [0.25, 0.3) is 0 Å². The fourth-order valence-corrected chi connectivity index (χ4v) is 1.39. The number of carbonyl (C=O) groups is 2. The molecule has 0 bridgehead atoms. The van der Waals surface area contributed by atoms with Crippen molar-refractivity contribution in [3.05, 3.63) is 23.8 Å². The van der Waals surface area contributed by atoms with Gasteiger partial charge in [0.15, 0.2) is 0 Å². The minimum Gasteiger partial charge on any atom is -0.872 e. The first-order valence-corrected chi connectivity index (χ1v) is 4.93. The standard InChI is InChI=1S/C11H11NO4/c13-7-3-4-9(8(5-7)11(15)16)12-10(14)6-1-2-6/h3-6,13H,1-2H2,(H,12,14)(H,15,16)/p-1. The Labute approximate surface area is 91.7 Å². The molecular formula is C11H10NO4-. The Bertz CT molecular complexity index is 451. The number of aromatic carboxylic acids is 1. The minimum absolute atomic E-state index is 0.00595. The SMILES string of the molecule is O=C(O)c1cc([O-])ccc1NC(=O)C1CC1. The molecule has 1 amide bonds. The summed E-state index contributed by atoms with van der Waals surface area (Å²) in [5.74, 6) is -1.79. The highest BCUT2D eigenvalue weighted by atomic mass is 16.4. The van der Waals surface area contributed by atoms with Crippen LogP contribution in [0.1, 0.15) is 23.2 Å². The molecule has 0 aromatic heterocycles. The van der Waals surface area contributed by atoms with E-state index in [4.69, 9.17) is 5.11 Å². The van der Waals surface area contributed by atoms with Crippen LogP contribution in [0.5, 0.6) is 5.75 Å². The second-order valence-corrected chi connectivity index (χ2v) is 3.78. The molecule has 1 aliphatic carbocycles. The molecule has 1 saturated carbocycles. The molecule has 1 aromatic rings. The Balaban J connectivity index is 2.24. The van der Waals surface area contributed by atoms with Gasteiger partial charge in [0.05, 0.1) is 11.3 Å². The van der Waals surface area contributed by atoms with Crippen molar-refractivity contribution >= 4 is 17.6 Å². The number of rotatable bonds is 3. The normalized spacial score (nSPS) is 14.5. The number of benzene rings is 1. The fourth-order valence-electron chi connectivity index (χ4n) is 1.39. The van der Waals surface area contributed by atoms with Crippen LogP contribution in [0.3, 0.4) is 0 Å². The van der Waals surface area contributed by atoms with E-state index < -0.39 is 5.97 Å². The Hall–Kier alpha value is -2.04. The van der Waals surface area contributed by atoms with Crippen molar-refractivity contribution in [1.29, 1.82) is 0 Å². The molecule has 0 heterocycles. The van der Waals surface area contributed by atoms with E-state index in [2.05, 4.69) is 5.32 Å². The molecule has 1 aromatic carbocycles. The molecule has 2 rings (SSSR count). The van der Waals surface area contributed by atoms with Crippen LogP contribution in [0, 0.1) is 5.92 Å². The summed E-state index contributed by atoms with van der Waals surface area (Å²) < 4.78 is 0. The molecule has 0 unspecified atom stereocenters. The molecule has 84 valence electrons. The topological polar surface area (TPSA) is 89.5 Å². The fraction of sp³-hybridized carbons (Fsp3) is 0.273. The molecule has 0 radical (unpaired) electrons. The van der Waals surface area contributed by atoms with E-state index in [-0.39, 0.29) is 28.8 Å². The molecule has 0 spiro atoms. The van der Waals surface area contributed by atoms with Gasteiger partial charge in [-0.25, -0.2) is 4.79 Å². The van der Waals surface area contributed by atoms with Gasteiger partial charge in [0.1, 0.15) is 0 Å². The van der Waals surface area contributed by atoms with Crippen LogP contribution in [-0.2, 0) is 4.79 Å². The predicted octanol–water partition coefficient (Wildman–Crippen LogP) is 0.807. The van der Waals surface area contributed by atoms with Crippen molar-refractivity contribution in [2.45, 2.75) is 12.8 Å². The lowest BCUT2D eigenvalue weighted by Crippen LogP contribution is -2.16. The Morgan fingerprint density at radius 2 is 2.06 bits per heavy atom. The van der Waals surface area contributed by atoms with Gasteiger partial charge in [0.2, 0.25) is 5.91 Å². The Kier molecular flexibility index (Phi) is 2.52. The first kappa shape index (κ1) is 10.5. The summed E-state index contributed by atoms with van der Waals surface area (Å²) in [5.41, 5.74) is 0.0190. The van der Waals surface area contributed by atoms with Crippen molar-refractivity contribution < 1.29 is 19.8 Å². The molecule has 1 aliphatic rings. The van der Waals surface area contributed by atoms with E-state index in [0.29, 0.717) is 0 Å². The number of carbonyl (C=O) groups excluding carboxylic acids is 1. The molecule has 5 nitrogen and oxygen atoms in total. The van der Waals surface area contributed by atoms with Crippen molar-refractivity contribution in [3.63, 3.8) is 0 Å². The van der Waals surface area contributed by atoms with E-state index in [9.17, 15) is 14.7 Å². The van der Waals surface area contributed by atoms with Crippen LogP contribution >= 0.6 is 0 Å². The Morgan fingerprint density at radius 3 is 2.62 bits per heavy atom. The summed E-state index contributed by atoms with van der Waals surface area (Å²) in [7, 11) is 0. The maximum atomic E-state index is 11.5. The van der Waals surface area contributed by atoms with Crippen LogP contribution in [0.2, 0.25) is 0 Å². The second kappa shape index (κ2) is 3.84. The highest BCUT2D eigenvalue weighted by Gasteiger charge is 2.30. The average molecular weight is 220 g/mol. The van der Waals surface area contributed by atoms with E-state index in [1.807, 2.05) is 0 Å². The maximum Gasteiger partial charge on any atom is 0.337 e. The van der Waals surface area contributed by atoms with Gasteiger partial charge >= 0.3 is 5.97 Å². The number of carboxylic acid groups (broad SMARTS) is 1. The summed E-state index contributed by atoms with van der Waals surface area (Å²) in [6.45, 7) is 0. The van der Waals surface area contributed by atoms with Gasteiger partial charge < -0.3 is 15.5 Å². The van der Waals surface area contributed by atoms with Crippen LogP contribution in [-0.4, -0.2) is 17.0 Å². The molecule has 5 heteroatoms. The predicted molar refractivity (Wildman–Crippen MR) is 54.2 cm³/mol.